The van der Waals surface area contributed by atoms with E-state index in [4.69, 9.17) is 0 Å². The van der Waals surface area contributed by atoms with Crippen molar-refractivity contribution in [3.63, 3.8) is 0 Å². The molecule has 1 aromatic carbocycles. The van der Waals surface area contributed by atoms with Crippen molar-refractivity contribution in [3.05, 3.63) is 34.3 Å². The molecule has 1 aromatic rings. The second-order valence-electron chi connectivity index (χ2n) is 4.55. The highest BCUT2D eigenvalue weighted by atomic mass is 79.9. The quantitative estimate of drug-likeness (QED) is 0.842. The minimum Gasteiger partial charge on any atom is -0.304 e. The van der Waals surface area contributed by atoms with Gasteiger partial charge in [0.05, 0.1) is 5.75 Å². The minimum atomic E-state index is -3.21. The standard InChI is InChI=1S/C12H17BrN2O2S/c1-14-6-8-15(9-7-14)18(16,17)10-11-4-2-3-5-12(11)13/h2-5H,6-10H2,1H3. The van der Waals surface area contributed by atoms with Gasteiger partial charge in [-0.15, -0.1) is 0 Å². The lowest BCUT2D eigenvalue weighted by Gasteiger charge is -2.31. The molecule has 0 bridgehead atoms. The number of hydrogen-bond acceptors (Lipinski definition) is 3. The molecule has 1 aliphatic rings. The summed E-state index contributed by atoms with van der Waals surface area (Å²) in [5.41, 5.74) is 0.816. The zero-order chi connectivity index (χ0) is 13.2. The first-order chi connectivity index (χ1) is 8.49. The third-order valence-corrected chi connectivity index (χ3v) is 5.75. The Bertz CT molecular complexity index is 511. The number of piperazine rings is 1. The van der Waals surface area contributed by atoms with Crippen LogP contribution in [0.5, 0.6) is 0 Å². The van der Waals surface area contributed by atoms with Crippen LogP contribution in [-0.2, 0) is 15.8 Å². The summed E-state index contributed by atoms with van der Waals surface area (Å²) in [7, 11) is -1.19. The molecule has 6 heteroatoms. The molecule has 0 unspecified atom stereocenters. The maximum atomic E-state index is 12.3. The lowest BCUT2D eigenvalue weighted by molar-refractivity contribution is 0.222. The van der Waals surface area contributed by atoms with E-state index in [1.807, 2.05) is 31.3 Å². The third-order valence-electron chi connectivity index (χ3n) is 3.15. The molecule has 1 heterocycles. The highest BCUT2D eigenvalue weighted by molar-refractivity contribution is 9.10. The van der Waals surface area contributed by atoms with Crippen molar-refractivity contribution in [2.75, 3.05) is 33.2 Å². The first kappa shape index (κ1) is 14.0. The molecule has 0 N–H and O–H groups in total. The SMILES string of the molecule is CN1CCN(S(=O)(=O)Cc2ccccc2Br)CC1. The average Bonchev–Trinajstić information content (AvgIpc) is 2.32. The molecule has 0 amide bonds. The van der Waals surface area contributed by atoms with Crippen LogP contribution in [0, 0.1) is 0 Å². The number of rotatable bonds is 3. The predicted octanol–water partition coefficient (Wildman–Crippen LogP) is 1.53. The van der Waals surface area contributed by atoms with Crippen molar-refractivity contribution >= 4 is 26.0 Å². The van der Waals surface area contributed by atoms with Crippen molar-refractivity contribution in [2.24, 2.45) is 0 Å². The maximum absolute atomic E-state index is 12.3. The van der Waals surface area contributed by atoms with E-state index in [1.165, 1.54) is 0 Å². The van der Waals surface area contributed by atoms with Crippen LogP contribution in [0.2, 0.25) is 0 Å². The fourth-order valence-corrected chi connectivity index (χ4v) is 4.13. The van der Waals surface area contributed by atoms with Crippen molar-refractivity contribution in [1.82, 2.24) is 9.21 Å². The molecule has 18 heavy (non-hydrogen) atoms. The van der Waals surface area contributed by atoms with Gasteiger partial charge in [0.25, 0.3) is 0 Å². The first-order valence-corrected chi connectivity index (χ1v) is 8.29. The average molecular weight is 333 g/mol. The summed E-state index contributed by atoms with van der Waals surface area (Å²) in [6.07, 6.45) is 0. The third kappa shape index (κ3) is 3.32. The van der Waals surface area contributed by atoms with Crippen LogP contribution in [0.15, 0.2) is 28.7 Å². The van der Waals surface area contributed by atoms with Crippen molar-refractivity contribution in [2.45, 2.75) is 5.75 Å². The Labute approximate surface area is 117 Å². The van der Waals surface area contributed by atoms with Crippen LogP contribution in [0.1, 0.15) is 5.56 Å². The number of halogens is 1. The molecular weight excluding hydrogens is 316 g/mol. The number of sulfonamides is 1. The summed E-state index contributed by atoms with van der Waals surface area (Å²) < 4.78 is 27.0. The highest BCUT2D eigenvalue weighted by Crippen LogP contribution is 2.20. The summed E-state index contributed by atoms with van der Waals surface area (Å²) in [5, 5.41) is 0. The fraction of sp³-hybridized carbons (Fsp3) is 0.500. The Morgan fingerprint density at radius 1 is 1.17 bits per heavy atom. The van der Waals surface area contributed by atoms with Crippen LogP contribution in [0.25, 0.3) is 0 Å². The van der Waals surface area contributed by atoms with E-state index >= 15 is 0 Å². The van der Waals surface area contributed by atoms with Gasteiger partial charge in [-0.2, -0.15) is 4.31 Å². The summed E-state index contributed by atoms with van der Waals surface area (Å²) in [6.45, 7) is 2.77. The normalized spacial score (nSPS) is 19.0. The van der Waals surface area contributed by atoms with Gasteiger partial charge in [-0.3, -0.25) is 0 Å². The van der Waals surface area contributed by atoms with E-state index < -0.39 is 10.0 Å². The fourth-order valence-electron chi connectivity index (χ4n) is 1.97. The van der Waals surface area contributed by atoms with Crippen LogP contribution >= 0.6 is 15.9 Å². The number of benzene rings is 1. The lowest BCUT2D eigenvalue weighted by Crippen LogP contribution is -2.47. The molecule has 0 aliphatic carbocycles. The Kier molecular flexibility index (Phi) is 4.42. The van der Waals surface area contributed by atoms with E-state index in [-0.39, 0.29) is 5.75 Å². The molecule has 1 saturated heterocycles. The van der Waals surface area contributed by atoms with Gasteiger partial charge < -0.3 is 4.90 Å². The minimum absolute atomic E-state index is 0.0676. The highest BCUT2D eigenvalue weighted by Gasteiger charge is 2.26. The number of hydrogen-bond donors (Lipinski definition) is 0. The second kappa shape index (κ2) is 5.69. The van der Waals surface area contributed by atoms with Crippen LogP contribution < -0.4 is 0 Å². The largest absolute Gasteiger partial charge is 0.304 e. The van der Waals surface area contributed by atoms with Crippen LogP contribution in [-0.4, -0.2) is 50.8 Å². The van der Waals surface area contributed by atoms with Crippen molar-refractivity contribution in [3.8, 4) is 0 Å². The molecule has 1 fully saturated rings. The van der Waals surface area contributed by atoms with Crippen molar-refractivity contribution in [1.29, 1.82) is 0 Å². The lowest BCUT2D eigenvalue weighted by atomic mass is 10.2. The van der Waals surface area contributed by atoms with E-state index in [1.54, 1.807) is 4.31 Å². The topological polar surface area (TPSA) is 40.6 Å². The van der Waals surface area contributed by atoms with Gasteiger partial charge in [-0.25, -0.2) is 8.42 Å². The number of likely N-dealkylation sites (N-methyl/N-ethyl adjacent to an activating group) is 1. The van der Waals surface area contributed by atoms with Crippen molar-refractivity contribution < 1.29 is 8.42 Å². The molecule has 0 aromatic heterocycles. The molecule has 0 spiro atoms. The molecule has 4 nitrogen and oxygen atoms in total. The van der Waals surface area contributed by atoms with Gasteiger partial charge in [-0.1, -0.05) is 34.1 Å². The van der Waals surface area contributed by atoms with E-state index in [9.17, 15) is 8.42 Å². The Morgan fingerprint density at radius 3 is 2.39 bits per heavy atom. The second-order valence-corrected chi connectivity index (χ2v) is 7.37. The molecule has 0 radical (unpaired) electrons. The number of nitrogens with zero attached hydrogens (tertiary/aromatic N) is 2. The smallest absolute Gasteiger partial charge is 0.218 e. The maximum Gasteiger partial charge on any atom is 0.218 e. The van der Waals surface area contributed by atoms with Crippen LogP contribution in [0.4, 0.5) is 0 Å². The van der Waals surface area contributed by atoms with Gasteiger partial charge in [0.1, 0.15) is 0 Å². The summed E-state index contributed by atoms with van der Waals surface area (Å²) >= 11 is 3.39. The zero-order valence-corrected chi connectivity index (χ0v) is 12.7. The molecular formula is C12H17BrN2O2S. The molecule has 0 saturated carbocycles. The summed E-state index contributed by atoms with van der Waals surface area (Å²) in [6, 6.07) is 7.46. The molecule has 100 valence electrons. The van der Waals surface area contributed by atoms with Crippen LogP contribution in [0.3, 0.4) is 0 Å². The monoisotopic (exact) mass is 332 g/mol. The predicted molar refractivity (Wildman–Crippen MR) is 75.8 cm³/mol. The summed E-state index contributed by atoms with van der Waals surface area (Å²) in [4.78, 5) is 2.14. The first-order valence-electron chi connectivity index (χ1n) is 5.89. The Hall–Kier alpha value is -0.430. The summed E-state index contributed by atoms with van der Waals surface area (Å²) in [5.74, 6) is 0.0676. The Morgan fingerprint density at radius 2 is 1.78 bits per heavy atom. The molecule has 0 atom stereocenters. The van der Waals surface area contributed by atoms with Gasteiger partial charge in [-0.05, 0) is 18.7 Å². The van der Waals surface area contributed by atoms with E-state index in [0.717, 1.165) is 23.1 Å². The van der Waals surface area contributed by atoms with Gasteiger partial charge >= 0.3 is 0 Å². The molecule has 1 aliphatic heterocycles. The molecule has 2 rings (SSSR count). The van der Waals surface area contributed by atoms with E-state index in [2.05, 4.69) is 20.8 Å². The van der Waals surface area contributed by atoms with Gasteiger partial charge in [0.15, 0.2) is 0 Å². The van der Waals surface area contributed by atoms with Gasteiger partial charge in [0.2, 0.25) is 10.0 Å². The zero-order valence-electron chi connectivity index (χ0n) is 10.3. The van der Waals surface area contributed by atoms with Gasteiger partial charge in [0, 0.05) is 30.7 Å². The Balaban J connectivity index is 2.10. The van der Waals surface area contributed by atoms with E-state index in [0.29, 0.717) is 13.1 Å².